The van der Waals surface area contributed by atoms with Gasteiger partial charge in [-0.05, 0) is 18.6 Å². The standard InChI is InChI=1S/C18H35NO2S/c1-2-3-4-5-6-7-8-9-10-11-12-13-17-19-16(18(20)21)14-15-22-17/h16-17,19H,2-15H2,1H3,(H,20,21)/t16-,17+/m0/s1. The van der Waals surface area contributed by atoms with Crippen molar-refractivity contribution in [3.8, 4) is 0 Å². The number of aliphatic carboxylic acids is 1. The summed E-state index contributed by atoms with van der Waals surface area (Å²) in [5.74, 6) is 0.288. The predicted molar refractivity (Wildman–Crippen MR) is 96.5 cm³/mol. The SMILES string of the molecule is CCCCCCCCCCCCC[C@@H]1N[C@H](C(=O)O)CCS1. The first-order valence-electron chi connectivity index (χ1n) is 9.34. The van der Waals surface area contributed by atoms with Crippen LogP contribution in [0.3, 0.4) is 0 Å². The van der Waals surface area contributed by atoms with E-state index in [2.05, 4.69) is 12.2 Å². The third-order valence-corrected chi connectivity index (χ3v) is 5.73. The predicted octanol–water partition coefficient (Wildman–Crippen LogP) is 5.19. The van der Waals surface area contributed by atoms with Crippen LogP contribution in [0.4, 0.5) is 0 Å². The van der Waals surface area contributed by atoms with Crippen LogP contribution in [0.2, 0.25) is 0 Å². The average molecular weight is 330 g/mol. The number of hydrogen-bond acceptors (Lipinski definition) is 3. The Labute approximate surface area is 141 Å². The molecule has 1 aliphatic heterocycles. The monoisotopic (exact) mass is 329 g/mol. The summed E-state index contributed by atoms with van der Waals surface area (Å²) in [6, 6.07) is -0.320. The molecule has 0 aromatic rings. The molecule has 0 aromatic heterocycles. The van der Waals surface area contributed by atoms with E-state index in [9.17, 15) is 4.79 Å². The zero-order valence-corrected chi connectivity index (χ0v) is 15.1. The van der Waals surface area contributed by atoms with Crippen molar-refractivity contribution in [2.45, 2.75) is 102 Å². The number of unbranched alkanes of at least 4 members (excludes halogenated alkanes) is 10. The Morgan fingerprint density at radius 1 is 1.00 bits per heavy atom. The third-order valence-electron chi connectivity index (χ3n) is 4.48. The van der Waals surface area contributed by atoms with Crippen molar-refractivity contribution < 1.29 is 9.90 Å². The minimum atomic E-state index is -0.691. The molecule has 4 heteroatoms. The number of carbonyl (C=O) groups is 1. The van der Waals surface area contributed by atoms with Crippen LogP contribution in [-0.2, 0) is 4.79 Å². The molecule has 1 saturated heterocycles. The first-order valence-corrected chi connectivity index (χ1v) is 10.4. The number of thioether (sulfide) groups is 1. The summed E-state index contributed by atoms with van der Waals surface area (Å²) in [5.41, 5.74) is 0. The molecule has 0 amide bonds. The Hall–Kier alpha value is -0.220. The largest absolute Gasteiger partial charge is 0.480 e. The first kappa shape index (κ1) is 19.8. The van der Waals surface area contributed by atoms with Gasteiger partial charge in [-0.1, -0.05) is 77.6 Å². The van der Waals surface area contributed by atoms with E-state index in [0.29, 0.717) is 5.37 Å². The number of hydrogen-bond donors (Lipinski definition) is 2. The van der Waals surface area contributed by atoms with Crippen LogP contribution >= 0.6 is 11.8 Å². The maximum Gasteiger partial charge on any atom is 0.320 e. The summed E-state index contributed by atoms with van der Waals surface area (Å²) >= 11 is 1.89. The minimum Gasteiger partial charge on any atom is -0.480 e. The van der Waals surface area contributed by atoms with Gasteiger partial charge in [-0.3, -0.25) is 10.1 Å². The lowest BCUT2D eigenvalue weighted by atomic mass is 10.1. The second kappa shape index (κ2) is 13.2. The van der Waals surface area contributed by atoms with Gasteiger partial charge in [0.25, 0.3) is 0 Å². The van der Waals surface area contributed by atoms with Gasteiger partial charge in [0.2, 0.25) is 0 Å². The summed E-state index contributed by atoms with van der Waals surface area (Å²) in [6.45, 7) is 2.27. The van der Waals surface area contributed by atoms with Crippen LogP contribution in [0.15, 0.2) is 0 Å². The van der Waals surface area contributed by atoms with Crippen LogP contribution in [0.25, 0.3) is 0 Å². The van der Waals surface area contributed by atoms with Crippen LogP contribution in [0.1, 0.15) is 90.4 Å². The van der Waals surface area contributed by atoms with E-state index in [0.717, 1.165) is 18.6 Å². The Balaban J connectivity index is 1.86. The highest BCUT2D eigenvalue weighted by atomic mass is 32.2. The molecule has 0 radical (unpaired) electrons. The van der Waals surface area contributed by atoms with E-state index >= 15 is 0 Å². The highest BCUT2D eigenvalue weighted by Crippen LogP contribution is 2.23. The summed E-state index contributed by atoms with van der Waals surface area (Å²) in [5, 5.41) is 12.7. The molecule has 0 aromatic carbocycles. The Kier molecular flexibility index (Phi) is 11.9. The molecule has 2 atom stereocenters. The van der Waals surface area contributed by atoms with Crippen molar-refractivity contribution in [2.75, 3.05) is 5.75 Å². The van der Waals surface area contributed by atoms with Gasteiger partial charge in [0, 0.05) is 0 Å². The van der Waals surface area contributed by atoms with E-state index < -0.39 is 5.97 Å². The number of rotatable bonds is 13. The molecule has 2 N–H and O–H groups in total. The molecule has 0 spiro atoms. The maximum atomic E-state index is 11.0. The highest BCUT2D eigenvalue weighted by molar-refractivity contribution is 7.99. The molecular formula is C18H35NO2S. The number of carboxylic acids is 1. The quantitative estimate of drug-likeness (QED) is 0.456. The summed E-state index contributed by atoms with van der Waals surface area (Å²) in [4.78, 5) is 11.0. The first-order chi connectivity index (χ1) is 10.7. The van der Waals surface area contributed by atoms with Gasteiger partial charge in [0.15, 0.2) is 0 Å². The lowest BCUT2D eigenvalue weighted by molar-refractivity contribution is -0.139. The molecule has 0 saturated carbocycles. The molecule has 130 valence electrons. The smallest absolute Gasteiger partial charge is 0.320 e. The second-order valence-electron chi connectivity index (χ2n) is 6.53. The van der Waals surface area contributed by atoms with E-state index in [1.807, 2.05) is 11.8 Å². The van der Waals surface area contributed by atoms with E-state index in [-0.39, 0.29) is 6.04 Å². The Morgan fingerprint density at radius 3 is 2.09 bits per heavy atom. The minimum absolute atomic E-state index is 0.320. The third kappa shape index (κ3) is 9.73. The van der Waals surface area contributed by atoms with E-state index in [1.165, 1.54) is 70.6 Å². The van der Waals surface area contributed by atoms with Crippen molar-refractivity contribution in [3.63, 3.8) is 0 Å². The van der Waals surface area contributed by atoms with E-state index in [4.69, 9.17) is 5.11 Å². The van der Waals surface area contributed by atoms with Crippen molar-refractivity contribution in [1.29, 1.82) is 0 Å². The molecular weight excluding hydrogens is 294 g/mol. The van der Waals surface area contributed by atoms with Crippen LogP contribution in [-0.4, -0.2) is 28.2 Å². The number of nitrogens with one attached hydrogen (secondary N) is 1. The molecule has 1 rings (SSSR count). The summed E-state index contributed by atoms with van der Waals surface area (Å²) < 4.78 is 0. The fourth-order valence-corrected chi connectivity index (χ4v) is 4.29. The molecule has 0 unspecified atom stereocenters. The topological polar surface area (TPSA) is 49.3 Å². The van der Waals surface area contributed by atoms with Crippen LogP contribution < -0.4 is 5.32 Å². The van der Waals surface area contributed by atoms with Gasteiger partial charge in [-0.2, -0.15) is 0 Å². The van der Waals surface area contributed by atoms with Crippen molar-refractivity contribution in [3.05, 3.63) is 0 Å². The molecule has 1 heterocycles. The van der Waals surface area contributed by atoms with Gasteiger partial charge in [0.05, 0.1) is 5.37 Å². The molecule has 0 aliphatic carbocycles. The lowest BCUT2D eigenvalue weighted by Crippen LogP contribution is -2.45. The van der Waals surface area contributed by atoms with Crippen molar-refractivity contribution in [2.24, 2.45) is 0 Å². The van der Waals surface area contributed by atoms with Gasteiger partial charge < -0.3 is 5.11 Å². The molecule has 1 fully saturated rings. The molecule has 0 bridgehead atoms. The second-order valence-corrected chi connectivity index (χ2v) is 7.84. The van der Waals surface area contributed by atoms with Crippen molar-refractivity contribution >= 4 is 17.7 Å². The Morgan fingerprint density at radius 2 is 1.55 bits per heavy atom. The van der Waals surface area contributed by atoms with Gasteiger partial charge in [0.1, 0.15) is 6.04 Å². The molecule has 3 nitrogen and oxygen atoms in total. The van der Waals surface area contributed by atoms with Gasteiger partial charge >= 0.3 is 5.97 Å². The van der Waals surface area contributed by atoms with E-state index in [1.54, 1.807) is 0 Å². The zero-order chi connectivity index (χ0) is 16.0. The average Bonchev–Trinajstić information content (AvgIpc) is 2.53. The zero-order valence-electron chi connectivity index (χ0n) is 14.3. The highest BCUT2D eigenvalue weighted by Gasteiger charge is 2.25. The molecule has 1 aliphatic rings. The normalized spacial score (nSPS) is 21.9. The lowest BCUT2D eigenvalue weighted by Gasteiger charge is -2.28. The fraction of sp³-hybridized carbons (Fsp3) is 0.944. The maximum absolute atomic E-state index is 11.0. The van der Waals surface area contributed by atoms with Crippen LogP contribution in [0, 0.1) is 0 Å². The van der Waals surface area contributed by atoms with Gasteiger partial charge in [-0.15, -0.1) is 11.8 Å². The fourth-order valence-electron chi connectivity index (χ4n) is 3.04. The van der Waals surface area contributed by atoms with Crippen LogP contribution in [0.5, 0.6) is 0 Å². The Bertz CT molecular complexity index is 286. The summed E-state index contributed by atoms with van der Waals surface area (Å²) in [6.07, 6.45) is 16.9. The van der Waals surface area contributed by atoms with Crippen molar-refractivity contribution in [1.82, 2.24) is 5.32 Å². The summed E-state index contributed by atoms with van der Waals surface area (Å²) in [7, 11) is 0. The molecule has 22 heavy (non-hydrogen) atoms. The van der Waals surface area contributed by atoms with Gasteiger partial charge in [-0.25, -0.2) is 0 Å². The number of carboxylic acid groups (broad SMARTS) is 1.